The van der Waals surface area contributed by atoms with Crippen LogP contribution in [0.3, 0.4) is 0 Å². The van der Waals surface area contributed by atoms with Crippen LogP contribution in [0.25, 0.3) is 0 Å². The van der Waals surface area contributed by atoms with Crippen molar-refractivity contribution in [2.45, 2.75) is 45.3 Å². The topological polar surface area (TPSA) is 36.0 Å². The van der Waals surface area contributed by atoms with Crippen molar-refractivity contribution in [3.63, 3.8) is 0 Å². The number of anilines is 2. The van der Waals surface area contributed by atoms with Gasteiger partial charge in [0.25, 0.3) is 8.32 Å². The first-order valence-corrected chi connectivity index (χ1v) is 19.1. The van der Waals surface area contributed by atoms with E-state index in [1.54, 1.807) is 4.90 Å². The molecule has 7 heteroatoms. The molecule has 0 N–H and O–H groups in total. The van der Waals surface area contributed by atoms with E-state index in [-0.39, 0.29) is 16.9 Å². The van der Waals surface area contributed by atoms with Gasteiger partial charge >= 0.3 is 6.03 Å². The van der Waals surface area contributed by atoms with Crippen molar-refractivity contribution >= 4 is 36.1 Å². The van der Waals surface area contributed by atoms with Gasteiger partial charge in [0, 0.05) is 38.4 Å². The van der Waals surface area contributed by atoms with Crippen LogP contribution < -0.4 is 20.2 Å². The number of hydrogen-bond acceptors (Lipinski definition) is 3. The lowest BCUT2D eigenvalue weighted by Crippen LogP contribution is -2.67. The number of halogens is 1. The van der Waals surface area contributed by atoms with Crippen LogP contribution in [0.2, 0.25) is 5.04 Å². The molecular formula is C42H46FN3O2Si. The molecule has 49 heavy (non-hydrogen) atoms. The molecule has 0 unspecified atom stereocenters. The lowest BCUT2D eigenvalue weighted by molar-refractivity contribution is 0.177. The van der Waals surface area contributed by atoms with Gasteiger partial charge in [-0.15, -0.1) is 0 Å². The Hall–Kier alpha value is -4.72. The molecule has 1 heterocycles. The number of benzene rings is 5. The van der Waals surface area contributed by atoms with Gasteiger partial charge in [0.1, 0.15) is 5.82 Å². The maximum Gasteiger partial charge on any atom is 0.324 e. The summed E-state index contributed by atoms with van der Waals surface area (Å²) in [6.45, 7) is 9.95. The van der Waals surface area contributed by atoms with Crippen LogP contribution in [0.5, 0.6) is 0 Å². The second-order valence-corrected chi connectivity index (χ2v) is 18.1. The molecular weight excluding hydrogens is 626 g/mol. The van der Waals surface area contributed by atoms with Gasteiger partial charge in [-0.05, 0) is 51.2 Å². The van der Waals surface area contributed by atoms with Crippen molar-refractivity contribution in [1.82, 2.24) is 4.90 Å². The summed E-state index contributed by atoms with van der Waals surface area (Å²) in [4.78, 5) is 19.5. The highest BCUT2D eigenvalue weighted by atomic mass is 28.4. The standard InChI is InChI=1S/C42H46FN3O2Si/c1-42(2,3)49(37-21-12-6-13-22-37,38-23-14-7-15-24-38)48-30-29-44-27-16-28-46(41(44)47)36-25-26-40(39(43)31-36)45(32-34-17-8-4-9-18-34)33-35-19-10-5-11-20-35/h4-15,17-26,31H,16,27-30,32-33H2,1-3H3. The number of urea groups is 1. The van der Waals surface area contributed by atoms with Crippen molar-refractivity contribution in [1.29, 1.82) is 0 Å². The van der Waals surface area contributed by atoms with Crippen LogP contribution in [0.15, 0.2) is 140 Å². The Morgan fingerprint density at radius 2 is 1.22 bits per heavy atom. The molecule has 1 saturated heterocycles. The van der Waals surface area contributed by atoms with Crippen LogP contribution in [-0.4, -0.2) is 45.5 Å². The Morgan fingerprint density at radius 3 is 1.71 bits per heavy atom. The molecule has 5 aromatic carbocycles. The molecule has 1 fully saturated rings. The summed E-state index contributed by atoms with van der Waals surface area (Å²) >= 11 is 0. The molecule has 5 nitrogen and oxygen atoms in total. The molecule has 2 amide bonds. The third kappa shape index (κ3) is 7.63. The van der Waals surface area contributed by atoms with Crippen molar-refractivity contribution in [2.75, 3.05) is 36.0 Å². The van der Waals surface area contributed by atoms with Crippen LogP contribution in [0.1, 0.15) is 38.3 Å². The first kappa shape index (κ1) is 34.2. The second kappa shape index (κ2) is 15.2. The average molecular weight is 672 g/mol. The Kier molecular flexibility index (Phi) is 10.6. The lowest BCUT2D eigenvalue weighted by Gasteiger charge is -2.43. The summed E-state index contributed by atoms with van der Waals surface area (Å²) in [7, 11) is -2.72. The fraction of sp³-hybridized carbons (Fsp3) is 0.262. The molecule has 252 valence electrons. The van der Waals surface area contributed by atoms with E-state index >= 15 is 4.39 Å². The van der Waals surface area contributed by atoms with Crippen molar-refractivity contribution in [3.8, 4) is 0 Å². The largest absolute Gasteiger partial charge is 0.406 e. The van der Waals surface area contributed by atoms with E-state index in [9.17, 15) is 4.79 Å². The summed E-state index contributed by atoms with van der Waals surface area (Å²) in [5, 5.41) is 2.27. The van der Waals surface area contributed by atoms with E-state index in [0.717, 1.165) is 17.5 Å². The summed E-state index contributed by atoms with van der Waals surface area (Å²) in [6, 6.07) is 46.4. The van der Waals surface area contributed by atoms with Gasteiger partial charge in [-0.3, -0.25) is 4.90 Å². The molecule has 0 spiro atoms. The molecule has 1 aliphatic heterocycles. The van der Waals surface area contributed by atoms with E-state index in [4.69, 9.17) is 4.43 Å². The van der Waals surface area contributed by atoms with Crippen LogP contribution in [0, 0.1) is 5.82 Å². The highest BCUT2D eigenvalue weighted by Gasteiger charge is 2.50. The Labute approximate surface area is 291 Å². The van der Waals surface area contributed by atoms with E-state index in [1.807, 2.05) is 65.6 Å². The molecule has 0 radical (unpaired) electrons. The number of carbonyl (C=O) groups is 1. The normalized spacial score (nSPS) is 13.8. The van der Waals surface area contributed by atoms with Gasteiger partial charge in [0.15, 0.2) is 0 Å². The number of amides is 2. The van der Waals surface area contributed by atoms with E-state index in [2.05, 4.69) is 98.5 Å². The highest BCUT2D eigenvalue weighted by molar-refractivity contribution is 6.99. The summed E-state index contributed by atoms with van der Waals surface area (Å²) in [5.41, 5.74) is 3.28. The smallest absolute Gasteiger partial charge is 0.324 e. The average Bonchev–Trinajstić information content (AvgIpc) is 3.12. The van der Waals surface area contributed by atoms with Crippen molar-refractivity contribution in [2.24, 2.45) is 0 Å². The fourth-order valence-electron chi connectivity index (χ4n) is 7.05. The minimum Gasteiger partial charge on any atom is -0.406 e. The Balaban J connectivity index is 1.20. The van der Waals surface area contributed by atoms with Gasteiger partial charge in [-0.25, -0.2) is 9.18 Å². The number of hydrogen-bond donors (Lipinski definition) is 0. The van der Waals surface area contributed by atoms with Gasteiger partial charge < -0.3 is 14.2 Å². The Morgan fingerprint density at radius 1 is 0.714 bits per heavy atom. The summed E-state index contributed by atoms with van der Waals surface area (Å²) in [5.74, 6) is -0.343. The molecule has 5 aromatic rings. The maximum absolute atomic E-state index is 16.0. The predicted octanol–water partition coefficient (Wildman–Crippen LogP) is 8.24. The lowest BCUT2D eigenvalue weighted by atomic mass is 10.1. The van der Waals surface area contributed by atoms with E-state index in [1.165, 1.54) is 16.4 Å². The van der Waals surface area contributed by atoms with Crippen LogP contribution in [-0.2, 0) is 17.5 Å². The molecule has 0 aliphatic carbocycles. The SMILES string of the molecule is CC(C)(C)[Si](OCCN1CCCN(c2ccc(N(Cc3ccccc3)Cc3ccccc3)c(F)c2)C1=O)(c1ccccc1)c1ccccc1. The zero-order valence-corrected chi connectivity index (χ0v) is 29.8. The zero-order valence-electron chi connectivity index (χ0n) is 28.8. The van der Waals surface area contributed by atoms with Crippen LogP contribution >= 0.6 is 0 Å². The quantitative estimate of drug-likeness (QED) is 0.125. The zero-order chi connectivity index (χ0) is 34.3. The molecule has 6 rings (SSSR count). The third-order valence-corrected chi connectivity index (χ3v) is 14.5. The van der Waals surface area contributed by atoms with Gasteiger partial charge in [-0.2, -0.15) is 0 Å². The molecule has 0 saturated carbocycles. The molecule has 0 bridgehead atoms. The van der Waals surface area contributed by atoms with E-state index < -0.39 is 8.32 Å². The minimum absolute atomic E-state index is 0.116. The summed E-state index contributed by atoms with van der Waals surface area (Å²) < 4.78 is 23.1. The fourth-order valence-corrected chi connectivity index (χ4v) is 11.6. The highest BCUT2D eigenvalue weighted by Crippen LogP contribution is 2.37. The van der Waals surface area contributed by atoms with Gasteiger partial charge in [-0.1, -0.05) is 142 Å². The molecule has 0 atom stereocenters. The minimum atomic E-state index is -2.72. The van der Waals surface area contributed by atoms with Crippen molar-refractivity contribution < 1.29 is 13.6 Å². The monoisotopic (exact) mass is 671 g/mol. The first-order valence-electron chi connectivity index (χ1n) is 17.2. The predicted molar refractivity (Wildman–Crippen MR) is 202 cm³/mol. The second-order valence-electron chi connectivity index (χ2n) is 13.7. The third-order valence-electron chi connectivity index (χ3n) is 9.42. The van der Waals surface area contributed by atoms with Gasteiger partial charge in [0.2, 0.25) is 0 Å². The number of carbonyl (C=O) groups excluding carboxylic acids is 1. The van der Waals surface area contributed by atoms with Crippen molar-refractivity contribution in [3.05, 3.63) is 156 Å². The Bertz CT molecular complexity index is 1720. The number of rotatable bonds is 12. The molecule has 1 aliphatic rings. The summed E-state index contributed by atoms with van der Waals surface area (Å²) in [6.07, 6.45) is 0.794. The van der Waals surface area contributed by atoms with Gasteiger partial charge in [0.05, 0.1) is 12.3 Å². The maximum atomic E-state index is 16.0. The van der Waals surface area contributed by atoms with E-state index in [0.29, 0.717) is 50.7 Å². The molecule has 0 aromatic heterocycles. The first-order chi connectivity index (χ1) is 23.8. The number of nitrogens with zero attached hydrogens (tertiary/aromatic N) is 3. The van der Waals surface area contributed by atoms with Crippen LogP contribution in [0.4, 0.5) is 20.6 Å².